The third-order valence-electron chi connectivity index (χ3n) is 2.34. The highest BCUT2D eigenvalue weighted by Crippen LogP contribution is 2.29. The molecule has 0 aromatic carbocycles. The van der Waals surface area contributed by atoms with Gasteiger partial charge in [-0.05, 0) is 0 Å². The van der Waals surface area contributed by atoms with E-state index < -0.39 is 0 Å². The molecular weight excluding hydrogens is 142 g/mol. The fourth-order valence-electron chi connectivity index (χ4n) is 1.81. The minimum Gasteiger partial charge on any atom is -0.331 e. The highest BCUT2D eigenvalue weighted by Gasteiger charge is 2.34. The van der Waals surface area contributed by atoms with Gasteiger partial charge in [0.05, 0.1) is 18.7 Å². The first-order chi connectivity index (χ1) is 5.43. The molecule has 3 rings (SSSR count). The van der Waals surface area contributed by atoms with Crippen LogP contribution in [0.15, 0.2) is 12.4 Å². The van der Waals surface area contributed by atoms with E-state index in [1.165, 1.54) is 0 Å². The van der Waals surface area contributed by atoms with Crippen LogP contribution in [-0.4, -0.2) is 15.7 Å². The Balaban J connectivity index is 2.12. The molecule has 2 aliphatic heterocycles. The van der Waals surface area contributed by atoms with Gasteiger partial charge in [0.15, 0.2) is 0 Å². The first kappa shape index (κ1) is 5.74. The van der Waals surface area contributed by atoms with Gasteiger partial charge in [-0.3, -0.25) is 4.84 Å². The molecule has 0 saturated carbocycles. The largest absolute Gasteiger partial charge is 0.331 e. The fourth-order valence-corrected chi connectivity index (χ4v) is 1.81. The molecule has 4 nitrogen and oxygen atoms in total. The highest BCUT2D eigenvalue weighted by atomic mass is 16.7. The molecule has 2 aliphatic rings. The van der Waals surface area contributed by atoms with Crippen molar-refractivity contribution < 1.29 is 4.84 Å². The minimum atomic E-state index is 0.323. The number of imidazole rings is 1. The van der Waals surface area contributed by atoms with Gasteiger partial charge < -0.3 is 4.57 Å². The standard InChI is InChI=1S/C7H9N3O/c1-2-10-4-5-3-6(9-11-5)7(10)8-1/h1-2,5-6,9H,3-4H2/t5-,6+/m0/s1. The van der Waals surface area contributed by atoms with Crippen LogP contribution in [0.25, 0.3) is 0 Å². The zero-order valence-electron chi connectivity index (χ0n) is 6.03. The third kappa shape index (κ3) is 0.680. The molecular formula is C7H9N3O. The number of fused-ring (bicyclic) bond motifs is 4. The zero-order valence-corrected chi connectivity index (χ0v) is 6.03. The Kier molecular flexibility index (Phi) is 0.958. The number of nitrogens with zero attached hydrogens (tertiary/aromatic N) is 2. The highest BCUT2D eigenvalue weighted by molar-refractivity contribution is 5.05. The Morgan fingerprint density at radius 3 is 3.73 bits per heavy atom. The topological polar surface area (TPSA) is 39.1 Å². The van der Waals surface area contributed by atoms with Crippen LogP contribution in [0.1, 0.15) is 18.3 Å². The second-order valence-corrected chi connectivity index (χ2v) is 3.08. The van der Waals surface area contributed by atoms with Crippen LogP contribution < -0.4 is 5.48 Å². The van der Waals surface area contributed by atoms with E-state index in [9.17, 15) is 0 Å². The number of aromatic nitrogens is 2. The van der Waals surface area contributed by atoms with Crippen LogP contribution in [0, 0.1) is 0 Å². The predicted octanol–water partition coefficient (Wildman–Crippen LogP) is 0.231. The molecule has 11 heavy (non-hydrogen) atoms. The number of nitrogens with one attached hydrogen (secondary N) is 1. The van der Waals surface area contributed by atoms with Gasteiger partial charge >= 0.3 is 0 Å². The molecule has 1 aromatic heterocycles. The maximum Gasteiger partial charge on any atom is 0.128 e. The molecule has 1 saturated heterocycles. The summed E-state index contributed by atoms with van der Waals surface area (Å²) in [6, 6.07) is 0.323. The van der Waals surface area contributed by atoms with Gasteiger partial charge in [0.25, 0.3) is 0 Å². The molecule has 2 atom stereocenters. The summed E-state index contributed by atoms with van der Waals surface area (Å²) < 4.78 is 2.15. The van der Waals surface area contributed by atoms with Gasteiger partial charge in [0, 0.05) is 18.8 Å². The first-order valence-corrected chi connectivity index (χ1v) is 3.86. The van der Waals surface area contributed by atoms with E-state index in [1.54, 1.807) is 0 Å². The summed E-state index contributed by atoms with van der Waals surface area (Å²) in [5.41, 5.74) is 2.98. The lowest BCUT2D eigenvalue weighted by Crippen LogP contribution is -2.21. The summed E-state index contributed by atoms with van der Waals surface area (Å²) in [5, 5.41) is 0. The smallest absolute Gasteiger partial charge is 0.128 e. The average molecular weight is 151 g/mol. The van der Waals surface area contributed by atoms with Crippen molar-refractivity contribution in [1.29, 1.82) is 0 Å². The van der Waals surface area contributed by atoms with E-state index in [4.69, 9.17) is 4.84 Å². The Morgan fingerprint density at radius 2 is 2.73 bits per heavy atom. The molecule has 4 heteroatoms. The average Bonchev–Trinajstić information content (AvgIpc) is 2.58. The lowest BCUT2D eigenvalue weighted by molar-refractivity contribution is 0.0251. The summed E-state index contributed by atoms with van der Waals surface area (Å²) in [6.45, 7) is 0.943. The van der Waals surface area contributed by atoms with Crippen molar-refractivity contribution in [3.05, 3.63) is 18.2 Å². The summed E-state index contributed by atoms with van der Waals surface area (Å²) >= 11 is 0. The second kappa shape index (κ2) is 1.84. The Bertz CT molecular complexity index is 283. The van der Waals surface area contributed by atoms with Crippen molar-refractivity contribution in [3.8, 4) is 0 Å². The van der Waals surface area contributed by atoms with Gasteiger partial charge in [-0.15, -0.1) is 0 Å². The maximum absolute atomic E-state index is 5.31. The lowest BCUT2D eigenvalue weighted by atomic mass is 10.1. The number of rotatable bonds is 0. The summed E-state index contributed by atoms with van der Waals surface area (Å²) in [6.07, 6.45) is 5.27. The SMILES string of the molecule is c1cn2c(n1)[C@H]1C[C@@H](C2)ON1. The lowest BCUT2D eigenvalue weighted by Gasteiger charge is -2.16. The van der Waals surface area contributed by atoms with E-state index in [1.807, 2.05) is 12.4 Å². The fraction of sp³-hybridized carbons (Fsp3) is 0.571. The Morgan fingerprint density at radius 1 is 1.73 bits per heavy atom. The van der Waals surface area contributed by atoms with E-state index >= 15 is 0 Å². The molecule has 0 aliphatic carbocycles. The molecule has 1 N–H and O–H groups in total. The van der Waals surface area contributed by atoms with Gasteiger partial charge in [0.1, 0.15) is 5.82 Å². The van der Waals surface area contributed by atoms with Crippen LogP contribution in [0.5, 0.6) is 0 Å². The Hall–Kier alpha value is -0.870. The normalized spacial score (nSPS) is 33.8. The van der Waals surface area contributed by atoms with Crippen LogP contribution >= 0.6 is 0 Å². The number of hydrogen-bond donors (Lipinski definition) is 1. The van der Waals surface area contributed by atoms with Crippen molar-refractivity contribution in [3.63, 3.8) is 0 Å². The Labute approximate surface area is 64.1 Å². The molecule has 0 spiro atoms. The van der Waals surface area contributed by atoms with E-state index in [-0.39, 0.29) is 0 Å². The molecule has 0 amide bonds. The molecule has 1 aromatic rings. The first-order valence-electron chi connectivity index (χ1n) is 3.86. The monoisotopic (exact) mass is 151 g/mol. The quantitative estimate of drug-likeness (QED) is 0.577. The van der Waals surface area contributed by atoms with Gasteiger partial charge in [-0.2, -0.15) is 5.48 Å². The molecule has 58 valence electrons. The van der Waals surface area contributed by atoms with Crippen LogP contribution in [0.2, 0.25) is 0 Å². The van der Waals surface area contributed by atoms with Crippen LogP contribution in [0.4, 0.5) is 0 Å². The van der Waals surface area contributed by atoms with Gasteiger partial charge in [-0.1, -0.05) is 0 Å². The maximum atomic E-state index is 5.31. The molecule has 1 fully saturated rings. The number of hydroxylamine groups is 1. The third-order valence-corrected chi connectivity index (χ3v) is 2.34. The second-order valence-electron chi connectivity index (χ2n) is 3.08. The molecule has 2 bridgehead atoms. The van der Waals surface area contributed by atoms with Crippen LogP contribution in [-0.2, 0) is 11.4 Å². The van der Waals surface area contributed by atoms with Gasteiger partial charge in [-0.25, -0.2) is 4.98 Å². The summed E-state index contributed by atoms with van der Waals surface area (Å²) in [4.78, 5) is 9.56. The van der Waals surface area contributed by atoms with Crippen LogP contribution in [0.3, 0.4) is 0 Å². The van der Waals surface area contributed by atoms with Gasteiger partial charge in [0.2, 0.25) is 0 Å². The molecule has 0 radical (unpaired) electrons. The molecule has 0 unspecified atom stereocenters. The molecule has 3 heterocycles. The summed E-state index contributed by atoms with van der Waals surface area (Å²) in [7, 11) is 0. The summed E-state index contributed by atoms with van der Waals surface area (Å²) in [5.74, 6) is 1.11. The predicted molar refractivity (Wildman–Crippen MR) is 37.6 cm³/mol. The van der Waals surface area contributed by atoms with Crippen molar-refractivity contribution in [2.24, 2.45) is 0 Å². The zero-order chi connectivity index (χ0) is 7.26. The van der Waals surface area contributed by atoms with E-state index in [2.05, 4.69) is 15.0 Å². The van der Waals surface area contributed by atoms with Crippen molar-refractivity contribution in [1.82, 2.24) is 15.0 Å². The van der Waals surface area contributed by atoms with Crippen molar-refractivity contribution in [2.45, 2.75) is 25.1 Å². The minimum absolute atomic E-state index is 0.323. The number of hydrogen-bond acceptors (Lipinski definition) is 3. The van der Waals surface area contributed by atoms with E-state index in [0.717, 1.165) is 18.8 Å². The van der Waals surface area contributed by atoms with E-state index in [0.29, 0.717) is 12.1 Å². The van der Waals surface area contributed by atoms with Crippen molar-refractivity contribution in [2.75, 3.05) is 0 Å². The van der Waals surface area contributed by atoms with Crippen molar-refractivity contribution >= 4 is 0 Å².